The normalized spacial score (nSPS) is 15.8. The number of halogens is 1. The number of fused-ring (bicyclic) bond motifs is 7. The molecule has 7 rings (SSSR count). The molecule has 0 radical (unpaired) electrons. The largest absolute Gasteiger partial charge is 0.491 e. The van der Waals surface area contributed by atoms with E-state index in [1.807, 2.05) is 4.57 Å². The van der Waals surface area contributed by atoms with E-state index in [0.29, 0.717) is 64.3 Å². The number of aromatic nitrogens is 3. The second-order valence-corrected chi connectivity index (χ2v) is 10.8. The van der Waals surface area contributed by atoms with Crippen LogP contribution in [0.15, 0.2) is 66.7 Å². The van der Waals surface area contributed by atoms with Gasteiger partial charge in [-0.1, -0.05) is 18.2 Å². The van der Waals surface area contributed by atoms with E-state index in [9.17, 15) is 9.90 Å². The van der Waals surface area contributed by atoms with Crippen LogP contribution in [-0.4, -0.2) is 51.5 Å². The monoisotopic (exact) mass is 606 g/mol. The molecule has 45 heavy (non-hydrogen) atoms. The molecule has 2 aliphatic heterocycles. The van der Waals surface area contributed by atoms with Gasteiger partial charge < -0.3 is 28.6 Å². The highest BCUT2D eigenvalue weighted by Gasteiger charge is 2.24. The van der Waals surface area contributed by atoms with Crippen LogP contribution in [0.2, 0.25) is 0 Å². The molecule has 1 atom stereocenters. The molecule has 4 heterocycles. The predicted molar refractivity (Wildman–Crippen MR) is 162 cm³/mol. The van der Waals surface area contributed by atoms with Gasteiger partial charge in [0.25, 0.3) is 0 Å². The van der Waals surface area contributed by atoms with Crippen molar-refractivity contribution in [2.45, 2.75) is 32.1 Å². The summed E-state index contributed by atoms with van der Waals surface area (Å²) in [7, 11) is 0. The Labute approximate surface area is 257 Å². The fourth-order valence-electron chi connectivity index (χ4n) is 5.48. The van der Waals surface area contributed by atoms with Crippen molar-refractivity contribution >= 4 is 22.7 Å². The first-order valence-corrected chi connectivity index (χ1v) is 14.5. The first-order chi connectivity index (χ1) is 21.9. The lowest BCUT2D eigenvalue weighted by Gasteiger charge is -2.27. The van der Waals surface area contributed by atoms with Gasteiger partial charge in [0.2, 0.25) is 5.88 Å². The number of benzene rings is 3. The van der Waals surface area contributed by atoms with Crippen molar-refractivity contribution in [1.82, 2.24) is 14.5 Å². The minimum Gasteiger partial charge on any atom is -0.491 e. The molecule has 0 unspecified atom stereocenters. The van der Waals surface area contributed by atoms with Crippen molar-refractivity contribution in [2.75, 3.05) is 19.8 Å². The van der Waals surface area contributed by atoms with E-state index in [1.165, 1.54) is 12.1 Å². The number of carboxylic acids is 1. The molecule has 2 aromatic heterocycles. The SMILES string of the molecule is [C-]#[N+]c1ccc2c(c1)OCCOc1cc(c(F)cc1Cc1nc3ccc(C(=O)O)cc3n1C[C@@H]1CCO1)-c1cccc(n1)OC2. The van der Waals surface area contributed by atoms with Crippen molar-refractivity contribution in [3.8, 4) is 28.6 Å². The van der Waals surface area contributed by atoms with Crippen molar-refractivity contribution in [2.24, 2.45) is 0 Å². The molecule has 1 N–H and O–H groups in total. The maximum absolute atomic E-state index is 15.8. The Bertz CT molecular complexity index is 1980. The standard InChI is InChI=1S/C34H27FN4O6/c1-36-23-7-5-21-19-45-33-4-2-3-27(38-33)25-17-31(44-12-11-43-30(21)16-23)22(13-26(25)35)15-32-37-28-8-6-20(34(40)41)14-29(28)39(32)18-24-9-10-42-24/h2-8,13-14,16-17,24H,9-12,15,18-19H2,(H,40,41)/t24-/m0/s1. The van der Waals surface area contributed by atoms with Crippen molar-refractivity contribution in [1.29, 1.82) is 0 Å². The zero-order chi connectivity index (χ0) is 30.9. The Morgan fingerprint density at radius 2 is 1.84 bits per heavy atom. The molecule has 5 aromatic rings. The summed E-state index contributed by atoms with van der Waals surface area (Å²) in [5.74, 6) is 0.356. The van der Waals surface area contributed by atoms with Gasteiger partial charge in [0.1, 0.15) is 43.0 Å². The maximum Gasteiger partial charge on any atom is 0.335 e. The van der Waals surface area contributed by atoms with E-state index in [4.69, 9.17) is 30.5 Å². The first-order valence-electron chi connectivity index (χ1n) is 14.5. The van der Waals surface area contributed by atoms with Gasteiger partial charge in [-0.15, -0.1) is 0 Å². The Kier molecular flexibility index (Phi) is 7.49. The van der Waals surface area contributed by atoms with Crippen LogP contribution in [-0.2, 0) is 24.3 Å². The van der Waals surface area contributed by atoms with Crippen molar-refractivity contribution in [3.05, 3.63) is 106 Å². The Balaban J connectivity index is 1.28. The summed E-state index contributed by atoms with van der Waals surface area (Å²) in [6, 6.07) is 18.1. The molecule has 2 aliphatic rings. The first kappa shape index (κ1) is 28.3. The number of hydrogen-bond donors (Lipinski definition) is 1. The summed E-state index contributed by atoms with van der Waals surface area (Å²) >= 11 is 0. The van der Waals surface area contributed by atoms with Crippen LogP contribution in [0.3, 0.4) is 0 Å². The highest BCUT2D eigenvalue weighted by Crippen LogP contribution is 2.34. The molecule has 4 bridgehead atoms. The quantitative estimate of drug-likeness (QED) is 0.235. The predicted octanol–water partition coefficient (Wildman–Crippen LogP) is 6.22. The van der Waals surface area contributed by atoms with Gasteiger partial charge in [-0.2, -0.15) is 0 Å². The summed E-state index contributed by atoms with van der Waals surface area (Å²) in [6.45, 7) is 8.99. The lowest BCUT2D eigenvalue weighted by molar-refractivity contribution is -0.0589. The molecule has 10 nitrogen and oxygen atoms in total. The van der Waals surface area contributed by atoms with Gasteiger partial charge in [-0.05, 0) is 48.9 Å². The number of pyridine rings is 1. The zero-order valence-corrected chi connectivity index (χ0v) is 24.0. The maximum atomic E-state index is 15.8. The van der Waals surface area contributed by atoms with Crippen molar-refractivity contribution in [3.63, 3.8) is 0 Å². The number of rotatable bonds is 5. The van der Waals surface area contributed by atoms with E-state index < -0.39 is 11.8 Å². The van der Waals surface area contributed by atoms with Gasteiger partial charge in [-0.25, -0.2) is 24.0 Å². The lowest BCUT2D eigenvalue weighted by Crippen LogP contribution is -2.31. The second-order valence-electron chi connectivity index (χ2n) is 10.8. The number of aromatic carboxylic acids is 1. The number of carboxylic acid groups (broad SMARTS) is 1. The average molecular weight is 607 g/mol. The van der Waals surface area contributed by atoms with Gasteiger partial charge in [0.15, 0.2) is 5.69 Å². The van der Waals surface area contributed by atoms with Crippen LogP contribution in [0.5, 0.6) is 17.4 Å². The van der Waals surface area contributed by atoms with Crippen LogP contribution >= 0.6 is 0 Å². The van der Waals surface area contributed by atoms with Crippen LogP contribution in [0.25, 0.3) is 27.1 Å². The lowest BCUT2D eigenvalue weighted by atomic mass is 10.0. The average Bonchev–Trinajstić information content (AvgIpc) is 3.36. The summed E-state index contributed by atoms with van der Waals surface area (Å²) < 4.78 is 41.6. The van der Waals surface area contributed by atoms with Crippen LogP contribution in [0.1, 0.15) is 33.7 Å². The topological polar surface area (TPSA) is 109 Å². The van der Waals surface area contributed by atoms with Crippen LogP contribution in [0.4, 0.5) is 10.1 Å². The smallest absolute Gasteiger partial charge is 0.335 e. The molecule has 11 heteroatoms. The van der Waals surface area contributed by atoms with Crippen LogP contribution in [0, 0.1) is 12.4 Å². The number of hydrogen-bond acceptors (Lipinski definition) is 7. The van der Waals surface area contributed by atoms with Gasteiger partial charge in [0.05, 0.1) is 41.5 Å². The molecule has 0 spiro atoms. The summed E-state index contributed by atoms with van der Waals surface area (Å²) in [5, 5.41) is 9.59. The molecule has 0 aliphatic carbocycles. The second kappa shape index (κ2) is 11.9. The van der Waals surface area contributed by atoms with E-state index in [-0.39, 0.29) is 43.5 Å². The Hall–Kier alpha value is -5.47. The third-order valence-electron chi connectivity index (χ3n) is 7.91. The number of imidazole rings is 1. The number of carbonyl (C=O) groups is 1. The van der Waals surface area contributed by atoms with Gasteiger partial charge in [-0.3, -0.25) is 0 Å². The van der Waals surface area contributed by atoms with E-state index >= 15 is 4.39 Å². The number of nitrogens with zero attached hydrogens (tertiary/aromatic N) is 4. The minimum absolute atomic E-state index is 0.0213. The van der Waals surface area contributed by atoms with Gasteiger partial charge in [0, 0.05) is 35.8 Å². The molecule has 0 amide bonds. The molecule has 0 saturated carbocycles. The highest BCUT2D eigenvalue weighted by atomic mass is 19.1. The van der Waals surface area contributed by atoms with E-state index in [1.54, 1.807) is 54.6 Å². The molecule has 1 saturated heterocycles. The molecule has 3 aromatic carbocycles. The zero-order valence-electron chi connectivity index (χ0n) is 24.0. The number of ether oxygens (including phenoxy) is 4. The summed E-state index contributed by atoms with van der Waals surface area (Å²) in [4.78, 5) is 24.6. The van der Waals surface area contributed by atoms with E-state index in [0.717, 1.165) is 12.0 Å². The third-order valence-corrected chi connectivity index (χ3v) is 7.91. The fraction of sp³-hybridized carbons (Fsp3) is 0.235. The van der Waals surface area contributed by atoms with Gasteiger partial charge >= 0.3 is 5.97 Å². The molecule has 1 fully saturated rings. The molecule has 226 valence electrons. The molecular weight excluding hydrogens is 579 g/mol. The Morgan fingerprint density at radius 1 is 1.00 bits per heavy atom. The van der Waals surface area contributed by atoms with E-state index in [2.05, 4.69) is 9.83 Å². The minimum atomic E-state index is -1.03. The Morgan fingerprint density at radius 3 is 2.62 bits per heavy atom. The van der Waals surface area contributed by atoms with Crippen molar-refractivity contribution < 1.29 is 33.2 Å². The summed E-state index contributed by atoms with van der Waals surface area (Å²) in [5.41, 5.74) is 3.81. The fourth-order valence-corrected chi connectivity index (χ4v) is 5.48. The summed E-state index contributed by atoms with van der Waals surface area (Å²) in [6.07, 6.45) is 1.07. The van der Waals surface area contributed by atoms with Crippen LogP contribution < -0.4 is 14.2 Å². The molecular formula is C34H27FN4O6. The highest BCUT2D eigenvalue weighted by molar-refractivity contribution is 5.92. The third kappa shape index (κ3) is 5.75.